The van der Waals surface area contributed by atoms with Crippen LogP contribution in [0.2, 0.25) is 0 Å². The number of unbranched alkanes of at least 4 members (excludes halogenated alkanes) is 22. The number of hydrogen-bond acceptors (Lipinski definition) is 5. The molecule has 59 heavy (non-hydrogen) atoms. The van der Waals surface area contributed by atoms with Crippen molar-refractivity contribution in [3.05, 3.63) is 85.1 Å². The summed E-state index contributed by atoms with van der Waals surface area (Å²) >= 11 is 0. The van der Waals surface area contributed by atoms with Crippen molar-refractivity contribution in [3.8, 4) is 0 Å². The Morgan fingerprint density at radius 3 is 1.12 bits per heavy atom. The Balaban J connectivity index is 3.57. The molecule has 0 saturated carbocycles. The molecule has 0 aromatic carbocycles. The molecular weight excluding hydrogens is 729 g/mol. The second-order valence-corrected chi connectivity index (χ2v) is 16.2. The predicted molar refractivity (Wildman–Crippen MR) is 256 cm³/mol. The fourth-order valence-corrected chi connectivity index (χ4v) is 6.73. The first-order chi connectivity index (χ1) is 29.1. The number of ether oxygens (including phenoxy) is 2. The minimum Gasteiger partial charge on any atom is -0.462 e. The molecule has 5 heteroatoms. The zero-order valence-corrected chi connectivity index (χ0v) is 38.5. The van der Waals surface area contributed by atoms with Crippen LogP contribution in [0.15, 0.2) is 85.1 Å². The highest BCUT2D eigenvalue weighted by Gasteiger charge is 2.16. The maximum atomic E-state index is 12.3. The molecule has 0 spiro atoms. The first kappa shape index (κ1) is 56.1. The third-order valence-corrected chi connectivity index (χ3v) is 10.4. The Labute approximate surface area is 365 Å². The third kappa shape index (κ3) is 47.6. The van der Waals surface area contributed by atoms with Gasteiger partial charge in [0.25, 0.3) is 0 Å². The Bertz CT molecular complexity index is 1110. The standard InChI is InChI=1S/C54H92O5/c1-3-5-7-9-11-13-15-17-19-21-23-24-25-26-27-28-29-30-31-33-35-37-39-41-43-45-47-49-54(57)59-52(50-55)51-58-53(56)48-46-44-42-40-38-36-34-32-22-20-18-16-14-12-10-8-6-4-2/h5,7,11,13,17,19-20,22-24,26-27,29-30,52,55H,3-4,6,8-10,12,14-16,18,21,25,28,31-51H2,1-2H3/b7-5-,13-11-,19-17-,22-20-,24-23-,27-26-,30-29-. The summed E-state index contributed by atoms with van der Waals surface area (Å²) in [5.41, 5.74) is 0. The molecule has 0 rings (SSSR count). The number of carbonyl (C=O) groups is 2. The Morgan fingerprint density at radius 1 is 0.407 bits per heavy atom. The van der Waals surface area contributed by atoms with E-state index in [0.717, 1.165) is 83.5 Å². The largest absolute Gasteiger partial charge is 0.462 e. The molecule has 0 aliphatic rings. The molecule has 1 unspecified atom stereocenters. The summed E-state index contributed by atoms with van der Waals surface area (Å²) in [5, 5.41) is 9.62. The Hall–Kier alpha value is -2.92. The molecule has 0 aromatic rings. The topological polar surface area (TPSA) is 72.8 Å². The smallest absolute Gasteiger partial charge is 0.306 e. The monoisotopic (exact) mass is 821 g/mol. The molecule has 1 atom stereocenters. The maximum absolute atomic E-state index is 12.3. The van der Waals surface area contributed by atoms with E-state index in [-0.39, 0.29) is 25.2 Å². The first-order valence-corrected chi connectivity index (χ1v) is 24.6. The maximum Gasteiger partial charge on any atom is 0.306 e. The summed E-state index contributed by atoms with van der Waals surface area (Å²) in [6, 6.07) is 0. The zero-order valence-electron chi connectivity index (χ0n) is 38.5. The summed E-state index contributed by atoms with van der Waals surface area (Å²) in [5.74, 6) is -0.606. The van der Waals surface area contributed by atoms with E-state index in [2.05, 4.69) is 98.9 Å². The number of aliphatic hydroxyl groups excluding tert-OH is 1. The lowest BCUT2D eigenvalue weighted by molar-refractivity contribution is -0.161. The van der Waals surface area contributed by atoms with Gasteiger partial charge >= 0.3 is 11.9 Å². The second-order valence-electron chi connectivity index (χ2n) is 16.2. The molecule has 0 aliphatic heterocycles. The van der Waals surface area contributed by atoms with Crippen LogP contribution in [0.25, 0.3) is 0 Å². The summed E-state index contributed by atoms with van der Waals surface area (Å²) in [4.78, 5) is 24.4. The predicted octanol–water partition coefficient (Wildman–Crippen LogP) is 16.2. The van der Waals surface area contributed by atoms with Gasteiger partial charge in [0.05, 0.1) is 6.61 Å². The Kier molecular flexibility index (Phi) is 47.0. The summed E-state index contributed by atoms with van der Waals surface area (Å²) in [6.45, 7) is 4.02. The molecule has 0 fully saturated rings. The minimum absolute atomic E-state index is 0.0747. The van der Waals surface area contributed by atoms with Crippen molar-refractivity contribution in [1.29, 1.82) is 0 Å². The van der Waals surface area contributed by atoms with Crippen molar-refractivity contribution >= 4 is 11.9 Å². The van der Waals surface area contributed by atoms with Crippen LogP contribution in [-0.2, 0) is 19.1 Å². The van der Waals surface area contributed by atoms with Gasteiger partial charge in [-0.3, -0.25) is 9.59 Å². The summed E-state index contributed by atoms with van der Waals surface area (Å²) in [6.07, 6.45) is 68.1. The van der Waals surface area contributed by atoms with E-state index in [1.165, 1.54) is 116 Å². The molecule has 0 radical (unpaired) electrons. The van der Waals surface area contributed by atoms with Crippen molar-refractivity contribution in [2.24, 2.45) is 0 Å². The molecule has 5 nitrogen and oxygen atoms in total. The van der Waals surface area contributed by atoms with E-state index in [1.54, 1.807) is 0 Å². The molecule has 1 N–H and O–H groups in total. The molecule has 0 aromatic heterocycles. The van der Waals surface area contributed by atoms with Crippen molar-refractivity contribution in [3.63, 3.8) is 0 Å². The van der Waals surface area contributed by atoms with Gasteiger partial charge in [-0.15, -0.1) is 0 Å². The van der Waals surface area contributed by atoms with E-state index in [1.807, 2.05) is 0 Å². The lowest BCUT2D eigenvalue weighted by atomic mass is 10.1. The van der Waals surface area contributed by atoms with Gasteiger partial charge in [-0.1, -0.05) is 208 Å². The van der Waals surface area contributed by atoms with Crippen molar-refractivity contribution in [2.75, 3.05) is 13.2 Å². The number of esters is 2. The third-order valence-electron chi connectivity index (χ3n) is 10.4. The van der Waals surface area contributed by atoms with Crippen LogP contribution >= 0.6 is 0 Å². The fourth-order valence-electron chi connectivity index (χ4n) is 6.73. The number of aliphatic hydroxyl groups is 1. The molecule has 0 bridgehead atoms. The Morgan fingerprint density at radius 2 is 0.729 bits per heavy atom. The number of carbonyl (C=O) groups excluding carboxylic acids is 2. The molecular formula is C54H92O5. The molecule has 0 aliphatic carbocycles. The van der Waals surface area contributed by atoms with E-state index < -0.39 is 6.10 Å². The van der Waals surface area contributed by atoms with Gasteiger partial charge in [0.15, 0.2) is 6.10 Å². The lowest BCUT2D eigenvalue weighted by Gasteiger charge is -2.15. The van der Waals surface area contributed by atoms with E-state index in [9.17, 15) is 14.7 Å². The molecule has 0 saturated heterocycles. The molecule has 338 valence electrons. The quantitative estimate of drug-likeness (QED) is 0.0376. The number of hydrogen-bond donors (Lipinski definition) is 1. The van der Waals surface area contributed by atoms with Crippen LogP contribution in [-0.4, -0.2) is 36.4 Å². The SMILES string of the molecule is CC/C=C\C/C=C\C/C=C\C/C=C\C/C=C\C/C=C\CCCCCCCCCCC(=O)OC(CO)COC(=O)CCCCCCCCC/C=C\CCCCCCCCC. The number of rotatable bonds is 44. The minimum atomic E-state index is -0.783. The van der Waals surface area contributed by atoms with Gasteiger partial charge in [0.1, 0.15) is 6.61 Å². The highest BCUT2D eigenvalue weighted by atomic mass is 16.6. The van der Waals surface area contributed by atoms with Crippen molar-refractivity contribution < 1.29 is 24.2 Å². The van der Waals surface area contributed by atoms with Crippen molar-refractivity contribution in [1.82, 2.24) is 0 Å². The highest BCUT2D eigenvalue weighted by Crippen LogP contribution is 2.14. The first-order valence-electron chi connectivity index (χ1n) is 24.6. The van der Waals surface area contributed by atoms with Gasteiger partial charge in [0, 0.05) is 12.8 Å². The van der Waals surface area contributed by atoms with Crippen LogP contribution in [0.3, 0.4) is 0 Å². The van der Waals surface area contributed by atoms with Gasteiger partial charge in [-0.05, 0) is 89.9 Å². The second kappa shape index (κ2) is 49.4. The van der Waals surface area contributed by atoms with E-state index >= 15 is 0 Å². The lowest BCUT2D eigenvalue weighted by Crippen LogP contribution is -2.28. The summed E-state index contributed by atoms with van der Waals surface area (Å²) < 4.78 is 10.7. The average molecular weight is 821 g/mol. The van der Waals surface area contributed by atoms with Gasteiger partial charge in [-0.2, -0.15) is 0 Å². The average Bonchev–Trinajstić information content (AvgIpc) is 3.24. The summed E-state index contributed by atoms with van der Waals surface area (Å²) in [7, 11) is 0. The van der Waals surface area contributed by atoms with E-state index in [0.29, 0.717) is 12.8 Å². The fraction of sp³-hybridized carbons (Fsp3) is 0.704. The van der Waals surface area contributed by atoms with Gasteiger partial charge in [0.2, 0.25) is 0 Å². The van der Waals surface area contributed by atoms with Crippen LogP contribution in [0.1, 0.15) is 226 Å². The highest BCUT2D eigenvalue weighted by molar-refractivity contribution is 5.70. The molecule has 0 amide bonds. The van der Waals surface area contributed by atoms with Crippen molar-refractivity contribution in [2.45, 2.75) is 232 Å². The molecule has 0 heterocycles. The number of allylic oxidation sites excluding steroid dienone is 14. The van der Waals surface area contributed by atoms with Gasteiger partial charge in [-0.25, -0.2) is 0 Å². The van der Waals surface area contributed by atoms with E-state index in [4.69, 9.17) is 9.47 Å². The van der Waals surface area contributed by atoms with Crippen LogP contribution < -0.4 is 0 Å². The van der Waals surface area contributed by atoms with Crippen LogP contribution in [0.5, 0.6) is 0 Å². The normalized spacial score (nSPS) is 12.9. The zero-order chi connectivity index (χ0) is 42.8. The van der Waals surface area contributed by atoms with Crippen LogP contribution in [0.4, 0.5) is 0 Å². The van der Waals surface area contributed by atoms with Gasteiger partial charge < -0.3 is 14.6 Å². The van der Waals surface area contributed by atoms with Crippen LogP contribution in [0, 0.1) is 0 Å².